The van der Waals surface area contributed by atoms with Gasteiger partial charge in [0, 0.05) is 7.11 Å². The van der Waals surface area contributed by atoms with Gasteiger partial charge in [-0.15, -0.1) is 0 Å². The number of ether oxygens (including phenoxy) is 1. The molecule has 5 heteroatoms. The minimum atomic E-state index is -0.831. The van der Waals surface area contributed by atoms with Gasteiger partial charge in [-0.25, -0.2) is 0 Å². The van der Waals surface area contributed by atoms with Crippen LogP contribution in [0.2, 0.25) is 0 Å². The van der Waals surface area contributed by atoms with Crippen molar-refractivity contribution in [1.29, 1.82) is 0 Å². The summed E-state index contributed by atoms with van der Waals surface area (Å²) in [5, 5.41) is 2.84. The molecule has 0 aromatic rings. The smallest absolute Gasteiger partial charge is 0.246 e. The first-order valence-corrected chi connectivity index (χ1v) is 6.84. The molecule has 0 radical (unpaired) electrons. The van der Waals surface area contributed by atoms with E-state index in [4.69, 9.17) is 4.74 Å². The Morgan fingerprint density at radius 1 is 1.32 bits per heavy atom. The van der Waals surface area contributed by atoms with E-state index in [2.05, 4.69) is 5.32 Å². The van der Waals surface area contributed by atoms with Crippen molar-refractivity contribution >= 4 is 11.8 Å². The molecule has 2 amide bonds. The monoisotopic (exact) mass is 270 g/mol. The third kappa shape index (κ3) is 3.26. The summed E-state index contributed by atoms with van der Waals surface area (Å²) >= 11 is 0. The van der Waals surface area contributed by atoms with Crippen molar-refractivity contribution in [3.8, 4) is 0 Å². The van der Waals surface area contributed by atoms with Gasteiger partial charge < -0.3 is 15.0 Å². The second-order valence-corrected chi connectivity index (χ2v) is 6.23. The third-order valence-electron chi connectivity index (χ3n) is 3.55. The lowest BCUT2D eigenvalue weighted by Crippen LogP contribution is -2.70. The average molecular weight is 270 g/mol. The molecule has 1 saturated heterocycles. The van der Waals surface area contributed by atoms with Crippen molar-refractivity contribution in [1.82, 2.24) is 10.2 Å². The number of carbonyl (C=O) groups excluding carboxylic acids is 2. The molecule has 5 nitrogen and oxygen atoms in total. The molecule has 110 valence electrons. The highest BCUT2D eigenvalue weighted by atomic mass is 16.5. The van der Waals surface area contributed by atoms with E-state index in [1.165, 1.54) is 0 Å². The zero-order valence-corrected chi connectivity index (χ0v) is 12.8. The fraction of sp³-hybridized carbons (Fsp3) is 0.857. The minimum Gasteiger partial charge on any atom is -0.383 e. The van der Waals surface area contributed by atoms with Gasteiger partial charge in [0.15, 0.2) is 0 Å². The lowest BCUT2D eigenvalue weighted by molar-refractivity contribution is -0.160. The molecule has 2 atom stereocenters. The third-order valence-corrected chi connectivity index (χ3v) is 3.55. The molecule has 0 bridgehead atoms. The Kier molecular flexibility index (Phi) is 4.96. The van der Waals surface area contributed by atoms with E-state index in [9.17, 15) is 9.59 Å². The Bertz CT molecular complexity index is 353. The van der Waals surface area contributed by atoms with Crippen LogP contribution in [0.1, 0.15) is 41.0 Å². The summed E-state index contributed by atoms with van der Waals surface area (Å²) in [7, 11) is 1.60. The van der Waals surface area contributed by atoms with Crippen molar-refractivity contribution in [3.05, 3.63) is 0 Å². The lowest BCUT2D eigenvalue weighted by Gasteiger charge is -2.47. The maximum Gasteiger partial charge on any atom is 0.246 e. The number of carbonyl (C=O) groups is 2. The van der Waals surface area contributed by atoms with Gasteiger partial charge in [-0.05, 0) is 33.1 Å². The van der Waals surface area contributed by atoms with Crippen LogP contribution in [-0.4, -0.2) is 48.1 Å². The summed E-state index contributed by atoms with van der Waals surface area (Å²) < 4.78 is 5.12. The zero-order chi connectivity index (χ0) is 14.8. The van der Waals surface area contributed by atoms with E-state index < -0.39 is 11.6 Å². The minimum absolute atomic E-state index is 0.0112. The number of amides is 2. The molecule has 1 aliphatic rings. The first kappa shape index (κ1) is 16.0. The molecule has 2 unspecified atom stereocenters. The highest BCUT2D eigenvalue weighted by molar-refractivity contribution is 5.99. The summed E-state index contributed by atoms with van der Waals surface area (Å²) in [4.78, 5) is 26.5. The normalized spacial score (nSPS) is 24.6. The molecular formula is C14H26N2O3. The fourth-order valence-electron chi connectivity index (χ4n) is 2.66. The van der Waals surface area contributed by atoms with E-state index >= 15 is 0 Å². The van der Waals surface area contributed by atoms with Gasteiger partial charge in [-0.2, -0.15) is 0 Å². The van der Waals surface area contributed by atoms with Crippen LogP contribution in [0.5, 0.6) is 0 Å². The summed E-state index contributed by atoms with van der Waals surface area (Å²) in [6.45, 7) is 9.98. The second kappa shape index (κ2) is 5.90. The first-order valence-electron chi connectivity index (χ1n) is 6.84. The van der Waals surface area contributed by atoms with E-state index in [0.29, 0.717) is 18.9 Å². The molecule has 1 fully saturated rings. The molecule has 0 saturated carbocycles. The van der Waals surface area contributed by atoms with Crippen molar-refractivity contribution in [2.45, 2.75) is 58.7 Å². The second-order valence-electron chi connectivity index (χ2n) is 6.23. The summed E-state index contributed by atoms with van der Waals surface area (Å²) in [6.07, 6.45) is 0.664. The Hall–Kier alpha value is -1.10. The highest BCUT2D eigenvalue weighted by Crippen LogP contribution is 2.26. The predicted molar refractivity (Wildman–Crippen MR) is 73.6 cm³/mol. The topological polar surface area (TPSA) is 58.6 Å². The Morgan fingerprint density at radius 2 is 1.89 bits per heavy atom. The SMILES string of the molecule is COCC(C)N1C(=O)C(CC(C)C)NC(=O)C1(C)C. The molecule has 0 spiro atoms. The number of methoxy groups -OCH3 is 1. The lowest BCUT2D eigenvalue weighted by atomic mass is 9.90. The van der Waals surface area contributed by atoms with Gasteiger partial charge in [0.1, 0.15) is 11.6 Å². The molecule has 1 heterocycles. The van der Waals surface area contributed by atoms with Crippen LogP contribution in [-0.2, 0) is 14.3 Å². The van der Waals surface area contributed by atoms with Crippen LogP contribution in [0.3, 0.4) is 0 Å². The Labute approximate surface area is 115 Å². The first-order chi connectivity index (χ1) is 8.71. The highest BCUT2D eigenvalue weighted by Gasteiger charge is 2.48. The Morgan fingerprint density at radius 3 is 2.37 bits per heavy atom. The van der Waals surface area contributed by atoms with Gasteiger partial charge in [0.25, 0.3) is 0 Å². The van der Waals surface area contributed by atoms with E-state index in [1.54, 1.807) is 25.9 Å². The van der Waals surface area contributed by atoms with Crippen LogP contribution in [0, 0.1) is 5.92 Å². The van der Waals surface area contributed by atoms with Crippen LogP contribution in [0.25, 0.3) is 0 Å². The van der Waals surface area contributed by atoms with Crippen LogP contribution < -0.4 is 5.32 Å². The molecule has 0 aromatic heterocycles. The summed E-state index contributed by atoms with van der Waals surface area (Å²) in [5.74, 6) is 0.249. The fourth-order valence-corrected chi connectivity index (χ4v) is 2.66. The van der Waals surface area contributed by atoms with Crippen molar-refractivity contribution in [2.24, 2.45) is 5.92 Å². The Balaban J connectivity index is 3.00. The number of rotatable bonds is 5. The maximum absolute atomic E-state index is 12.6. The van der Waals surface area contributed by atoms with E-state index in [-0.39, 0.29) is 17.9 Å². The molecular weight excluding hydrogens is 244 g/mol. The van der Waals surface area contributed by atoms with E-state index in [1.807, 2.05) is 20.8 Å². The van der Waals surface area contributed by atoms with Crippen LogP contribution in [0.4, 0.5) is 0 Å². The average Bonchev–Trinajstić information content (AvgIpc) is 2.25. The summed E-state index contributed by atoms with van der Waals surface area (Å²) in [6, 6.07) is -0.534. The predicted octanol–water partition coefficient (Wildman–Crippen LogP) is 1.17. The van der Waals surface area contributed by atoms with Gasteiger partial charge in [-0.1, -0.05) is 13.8 Å². The summed E-state index contributed by atoms with van der Waals surface area (Å²) in [5.41, 5.74) is -0.831. The van der Waals surface area contributed by atoms with Crippen molar-refractivity contribution in [3.63, 3.8) is 0 Å². The van der Waals surface area contributed by atoms with Gasteiger partial charge in [-0.3, -0.25) is 9.59 Å². The van der Waals surface area contributed by atoms with Crippen molar-refractivity contribution < 1.29 is 14.3 Å². The number of hydrogen-bond donors (Lipinski definition) is 1. The number of nitrogens with zero attached hydrogens (tertiary/aromatic N) is 1. The van der Waals surface area contributed by atoms with Gasteiger partial charge in [0.05, 0.1) is 12.6 Å². The van der Waals surface area contributed by atoms with Gasteiger partial charge in [0.2, 0.25) is 11.8 Å². The molecule has 0 aliphatic carbocycles. The number of hydrogen-bond acceptors (Lipinski definition) is 3. The molecule has 1 aliphatic heterocycles. The zero-order valence-electron chi connectivity index (χ0n) is 12.8. The standard InChI is InChI=1S/C14H26N2O3/c1-9(2)7-11-12(17)16(10(3)8-19-6)14(4,5)13(18)15-11/h9-11H,7-8H2,1-6H3,(H,15,18). The van der Waals surface area contributed by atoms with Crippen LogP contribution >= 0.6 is 0 Å². The van der Waals surface area contributed by atoms with E-state index in [0.717, 1.165) is 0 Å². The number of nitrogens with one attached hydrogen (secondary N) is 1. The molecule has 19 heavy (non-hydrogen) atoms. The van der Waals surface area contributed by atoms with Crippen molar-refractivity contribution in [2.75, 3.05) is 13.7 Å². The number of piperazine rings is 1. The molecule has 1 N–H and O–H groups in total. The largest absolute Gasteiger partial charge is 0.383 e. The molecule has 0 aromatic carbocycles. The quantitative estimate of drug-likeness (QED) is 0.816. The maximum atomic E-state index is 12.6. The van der Waals surface area contributed by atoms with Gasteiger partial charge >= 0.3 is 0 Å². The molecule has 1 rings (SSSR count). The van der Waals surface area contributed by atoms with Crippen LogP contribution in [0.15, 0.2) is 0 Å².